The van der Waals surface area contributed by atoms with E-state index in [0.717, 1.165) is 24.9 Å². The first-order valence-corrected chi connectivity index (χ1v) is 11.7. The summed E-state index contributed by atoms with van der Waals surface area (Å²) in [6.45, 7) is 5.20. The first-order chi connectivity index (χ1) is 15.6. The van der Waals surface area contributed by atoms with Crippen LogP contribution in [0.1, 0.15) is 57.9 Å². The molecule has 0 fully saturated rings. The molecule has 0 unspecified atom stereocenters. The van der Waals surface area contributed by atoms with E-state index in [2.05, 4.69) is 6.92 Å². The maximum absolute atomic E-state index is 13.6. The lowest BCUT2D eigenvalue weighted by Crippen LogP contribution is -2.36. The molecule has 0 spiro atoms. The third kappa shape index (κ3) is 5.04. The Hall–Kier alpha value is -3.08. The van der Waals surface area contributed by atoms with Crippen LogP contribution in [0.25, 0.3) is 5.57 Å². The molecule has 1 aliphatic rings. The van der Waals surface area contributed by atoms with Gasteiger partial charge in [-0.15, -0.1) is 0 Å². The molecule has 1 aliphatic heterocycles. The Bertz CT molecular complexity index is 952. The topological polar surface area (TPSA) is 49.9 Å². The summed E-state index contributed by atoms with van der Waals surface area (Å²) in [4.78, 5) is 30.5. The number of likely N-dealkylation sites (N-methyl/N-ethyl adjacent to an activating group) is 1. The van der Waals surface area contributed by atoms with E-state index in [-0.39, 0.29) is 11.8 Å². The van der Waals surface area contributed by atoms with Gasteiger partial charge in [0.25, 0.3) is 11.8 Å². The van der Waals surface area contributed by atoms with Gasteiger partial charge in [0.1, 0.15) is 11.4 Å². The van der Waals surface area contributed by atoms with Crippen LogP contribution in [0, 0.1) is 0 Å². The molecule has 32 heavy (non-hydrogen) atoms. The molecule has 0 aromatic heterocycles. The molecular formula is C27H34N2O3. The number of amides is 2. The summed E-state index contributed by atoms with van der Waals surface area (Å²) >= 11 is 0. The minimum absolute atomic E-state index is 0.227. The average Bonchev–Trinajstić information content (AvgIpc) is 3.07. The standard InChI is InChI=1S/C27H34N2O3/c1-4-6-7-8-9-15-20-29-26(30)24(22-18-13-14-19-23(22)32-3)25(27(29)31)28(5-2)21-16-11-10-12-17-21/h10-14,16-19H,4-9,15,20H2,1-3H3. The summed E-state index contributed by atoms with van der Waals surface area (Å²) in [5.74, 6) is 0.124. The van der Waals surface area contributed by atoms with Crippen molar-refractivity contribution in [1.82, 2.24) is 4.90 Å². The van der Waals surface area contributed by atoms with Crippen molar-refractivity contribution in [2.75, 3.05) is 25.1 Å². The fourth-order valence-corrected chi connectivity index (χ4v) is 4.24. The van der Waals surface area contributed by atoms with Gasteiger partial charge < -0.3 is 9.64 Å². The van der Waals surface area contributed by atoms with Crippen molar-refractivity contribution in [3.63, 3.8) is 0 Å². The Labute approximate surface area is 191 Å². The first kappa shape index (κ1) is 23.6. The smallest absolute Gasteiger partial charge is 0.278 e. The lowest BCUT2D eigenvalue weighted by molar-refractivity contribution is -0.137. The summed E-state index contributed by atoms with van der Waals surface area (Å²) in [7, 11) is 1.59. The Kier molecular flexibility index (Phi) is 8.48. The number of para-hydroxylation sites is 2. The number of ether oxygens (including phenoxy) is 1. The monoisotopic (exact) mass is 434 g/mol. The highest BCUT2D eigenvalue weighted by atomic mass is 16.5. The van der Waals surface area contributed by atoms with Crippen LogP contribution in [-0.4, -0.2) is 36.9 Å². The van der Waals surface area contributed by atoms with Gasteiger partial charge in [-0.05, 0) is 31.5 Å². The molecule has 0 saturated heterocycles. The van der Waals surface area contributed by atoms with Crippen molar-refractivity contribution < 1.29 is 14.3 Å². The molecule has 0 saturated carbocycles. The third-order valence-electron chi connectivity index (χ3n) is 5.91. The van der Waals surface area contributed by atoms with Crippen LogP contribution in [-0.2, 0) is 9.59 Å². The number of methoxy groups -OCH3 is 1. The molecule has 0 aliphatic carbocycles. The van der Waals surface area contributed by atoms with Crippen LogP contribution in [0.15, 0.2) is 60.3 Å². The maximum atomic E-state index is 13.6. The van der Waals surface area contributed by atoms with Crippen molar-refractivity contribution in [2.45, 2.75) is 52.4 Å². The van der Waals surface area contributed by atoms with Gasteiger partial charge in [-0.25, -0.2) is 0 Å². The number of unbranched alkanes of at least 4 members (excludes halogenated alkanes) is 5. The van der Waals surface area contributed by atoms with E-state index in [0.29, 0.717) is 35.7 Å². The highest BCUT2D eigenvalue weighted by Gasteiger charge is 2.42. The van der Waals surface area contributed by atoms with Gasteiger partial charge in [-0.2, -0.15) is 0 Å². The van der Waals surface area contributed by atoms with E-state index in [9.17, 15) is 9.59 Å². The number of hydrogen-bond donors (Lipinski definition) is 0. The Balaban J connectivity index is 1.96. The van der Waals surface area contributed by atoms with Crippen LogP contribution in [0.2, 0.25) is 0 Å². The molecule has 5 nitrogen and oxygen atoms in total. The van der Waals surface area contributed by atoms with Gasteiger partial charge in [0.15, 0.2) is 0 Å². The van der Waals surface area contributed by atoms with E-state index < -0.39 is 0 Å². The fourth-order valence-electron chi connectivity index (χ4n) is 4.24. The summed E-state index contributed by atoms with van der Waals surface area (Å²) < 4.78 is 5.55. The fraction of sp³-hybridized carbons (Fsp3) is 0.407. The number of carbonyl (C=O) groups excluding carboxylic acids is 2. The second-order valence-electron chi connectivity index (χ2n) is 8.03. The minimum Gasteiger partial charge on any atom is -0.496 e. The molecule has 0 N–H and O–H groups in total. The second kappa shape index (κ2) is 11.5. The number of carbonyl (C=O) groups is 2. The predicted octanol–water partition coefficient (Wildman–Crippen LogP) is 5.66. The zero-order valence-electron chi connectivity index (χ0n) is 19.5. The van der Waals surface area contributed by atoms with E-state index >= 15 is 0 Å². The number of anilines is 1. The zero-order chi connectivity index (χ0) is 22.9. The summed E-state index contributed by atoms with van der Waals surface area (Å²) in [6, 6.07) is 17.2. The van der Waals surface area contributed by atoms with Crippen LogP contribution in [0.4, 0.5) is 5.69 Å². The first-order valence-electron chi connectivity index (χ1n) is 11.7. The van der Waals surface area contributed by atoms with Crippen molar-refractivity contribution in [1.29, 1.82) is 0 Å². The van der Waals surface area contributed by atoms with Crippen LogP contribution in [0.3, 0.4) is 0 Å². The molecule has 2 amide bonds. The van der Waals surface area contributed by atoms with Gasteiger partial charge in [-0.3, -0.25) is 14.5 Å². The normalized spacial score (nSPS) is 13.8. The van der Waals surface area contributed by atoms with E-state index in [4.69, 9.17) is 4.74 Å². The molecule has 0 atom stereocenters. The van der Waals surface area contributed by atoms with E-state index in [1.807, 2.05) is 66.4 Å². The van der Waals surface area contributed by atoms with Gasteiger partial charge in [-0.1, -0.05) is 75.4 Å². The minimum atomic E-state index is -0.238. The summed E-state index contributed by atoms with van der Waals surface area (Å²) in [5, 5.41) is 0. The van der Waals surface area contributed by atoms with Gasteiger partial charge in [0.05, 0.1) is 12.7 Å². The number of benzene rings is 2. The molecule has 0 bridgehead atoms. The zero-order valence-corrected chi connectivity index (χ0v) is 19.5. The molecule has 0 radical (unpaired) electrons. The third-order valence-corrected chi connectivity index (χ3v) is 5.91. The summed E-state index contributed by atoms with van der Waals surface area (Å²) in [5.41, 5.74) is 2.39. The molecule has 2 aromatic rings. The predicted molar refractivity (Wildman–Crippen MR) is 129 cm³/mol. The van der Waals surface area contributed by atoms with Crippen LogP contribution in [0.5, 0.6) is 5.75 Å². The molecule has 3 rings (SSSR count). The van der Waals surface area contributed by atoms with E-state index in [1.54, 1.807) is 7.11 Å². The van der Waals surface area contributed by atoms with Gasteiger partial charge >= 0.3 is 0 Å². The second-order valence-corrected chi connectivity index (χ2v) is 8.03. The van der Waals surface area contributed by atoms with Crippen LogP contribution >= 0.6 is 0 Å². The quantitative estimate of drug-likeness (QED) is 0.319. The SMILES string of the molecule is CCCCCCCCN1C(=O)C(c2ccccc2OC)=C(N(CC)c2ccccc2)C1=O. The maximum Gasteiger partial charge on any atom is 0.278 e. The number of nitrogens with zero attached hydrogens (tertiary/aromatic N) is 2. The number of rotatable bonds is 12. The highest BCUT2D eigenvalue weighted by molar-refractivity contribution is 6.37. The largest absolute Gasteiger partial charge is 0.496 e. The Morgan fingerprint density at radius 1 is 0.812 bits per heavy atom. The van der Waals surface area contributed by atoms with Crippen LogP contribution < -0.4 is 9.64 Å². The van der Waals surface area contributed by atoms with Crippen molar-refractivity contribution in [2.24, 2.45) is 0 Å². The molecule has 170 valence electrons. The lowest BCUT2D eigenvalue weighted by atomic mass is 10.0. The summed E-state index contributed by atoms with van der Waals surface area (Å²) in [6.07, 6.45) is 6.61. The van der Waals surface area contributed by atoms with Crippen molar-refractivity contribution in [3.8, 4) is 5.75 Å². The van der Waals surface area contributed by atoms with Gasteiger partial charge in [0, 0.05) is 24.3 Å². The Morgan fingerprint density at radius 2 is 1.47 bits per heavy atom. The lowest BCUT2D eigenvalue weighted by Gasteiger charge is -2.25. The molecule has 2 aromatic carbocycles. The number of hydrogen-bond acceptors (Lipinski definition) is 4. The average molecular weight is 435 g/mol. The highest BCUT2D eigenvalue weighted by Crippen LogP contribution is 2.37. The molecule has 5 heteroatoms. The number of imide groups is 1. The molecule has 1 heterocycles. The van der Waals surface area contributed by atoms with Crippen molar-refractivity contribution in [3.05, 3.63) is 65.9 Å². The van der Waals surface area contributed by atoms with E-state index in [1.165, 1.54) is 24.2 Å². The van der Waals surface area contributed by atoms with Crippen molar-refractivity contribution >= 4 is 23.1 Å². The van der Waals surface area contributed by atoms with Gasteiger partial charge in [0.2, 0.25) is 0 Å². The molecular weight excluding hydrogens is 400 g/mol. The Morgan fingerprint density at radius 3 is 2.16 bits per heavy atom.